The zero-order valence-corrected chi connectivity index (χ0v) is 7.70. The van der Waals surface area contributed by atoms with Crippen LogP contribution in [0.4, 0.5) is 0 Å². The number of likely N-dealkylation sites (N-methyl/N-ethyl adjacent to an activating group) is 1. The maximum atomic E-state index is 9.04. The van der Waals surface area contributed by atoms with Gasteiger partial charge in [0.25, 0.3) is 0 Å². The van der Waals surface area contributed by atoms with Gasteiger partial charge in [0.05, 0.1) is 0 Å². The Morgan fingerprint density at radius 2 is 2.00 bits per heavy atom. The molecular formula is C9H14BNO2. The lowest BCUT2D eigenvalue weighted by atomic mass is 9.76. The van der Waals surface area contributed by atoms with Crippen molar-refractivity contribution >= 4 is 12.6 Å². The van der Waals surface area contributed by atoms with Crippen LogP contribution in [-0.2, 0) is 6.42 Å². The zero-order chi connectivity index (χ0) is 9.68. The van der Waals surface area contributed by atoms with Gasteiger partial charge in [0.2, 0.25) is 0 Å². The van der Waals surface area contributed by atoms with E-state index in [9.17, 15) is 0 Å². The van der Waals surface area contributed by atoms with Crippen LogP contribution >= 0.6 is 0 Å². The standard InChI is InChI=1S/C9H14BNO2/c1-11-7-6-8-4-2-3-5-9(8)10(12)13/h2-5,11-13H,6-7H2,1H3. The molecule has 0 aliphatic carbocycles. The van der Waals surface area contributed by atoms with Crippen molar-refractivity contribution in [3.05, 3.63) is 29.8 Å². The fourth-order valence-electron chi connectivity index (χ4n) is 1.27. The van der Waals surface area contributed by atoms with Gasteiger partial charge in [0.1, 0.15) is 0 Å². The van der Waals surface area contributed by atoms with Crippen molar-refractivity contribution in [2.45, 2.75) is 6.42 Å². The molecule has 0 atom stereocenters. The zero-order valence-electron chi connectivity index (χ0n) is 7.70. The average Bonchev–Trinajstić information content (AvgIpc) is 2.15. The van der Waals surface area contributed by atoms with E-state index >= 15 is 0 Å². The predicted octanol–water partition coefficient (Wildman–Crippen LogP) is -0.872. The Bertz CT molecular complexity index is 266. The summed E-state index contributed by atoms with van der Waals surface area (Å²) >= 11 is 0. The van der Waals surface area contributed by atoms with Gasteiger partial charge in [-0.05, 0) is 31.0 Å². The lowest BCUT2D eigenvalue weighted by Gasteiger charge is -2.07. The SMILES string of the molecule is CNCCc1ccccc1B(O)O. The summed E-state index contributed by atoms with van der Waals surface area (Å²) < 4.78 is 0. The van der Waals surface area contributed by atoms with Crippen LogP contribution in [0, 0.1) is 0 Å². The Labute approximate surface area is 78.6 Å². The minimum Gasteiger partial charge on any atom is -0.423 e. The molecular weight excluding hydrogens is 165 g/mol. The quantitative estimate of drug-likeness (QED) is 0.526. The van der Waals surface area contributed by atoms with Gasteiger partial charge in [-0.2, -0.15) is 0 Å². The molecule has 0 bridgehead atoms. The van der Waals surface area contributed by atoms with E-state index in [4.69, 9.17) is 10.0 Å². The predicted molar refractivity (Wildman–Crippen MR) is 53.9 cm³/mol. The first kappa shape index (κ1) is 10.2. The Morgan fingerprint density at radius 3 is 2.62 bits per heavy atom. The van der Waals surface area contributed by atoms with Crippen LogP contribution in [0.2, 0.25) is 0 Å². The Kier molecular flexibility index (Phi) is 3.95. The first-order chi connectivity index (χ1) is 6.25. The van der Waals surface area contributed by atoms with Crippen molar-refractivity contribution in [2.75, 3.05) is 13.6 Å². The Hall–Kier alpha value is -0.835. The monoisotopic (exact) mass is 179 g/mol. The maximum absolute atomic E-state index is 9.04. The Balaban J connectivity index is 2.78. The van der Waals surface area contributed by atoms with Gasteiger partial charge in [0.15, 0.2) is 0 Å². The van der Waals surface area contributed by atoms with Crippen LogP contribution in [0.5, 0.6) is 0 Å². The van der Waals surface area contributed by atoms with Crippen LogP contribution in [-0.4, -0.2) is 30.8 Å². The lowest BCUT2D eigenvalue weighted by molar-refractivity contribution is 0.425. The maximum Gasteiger partial charge on any atom is 0.488 e. The molecule has 13 heavy (non-hydrogen) atoms. The van der Waals surface area contributed by atoms with Gasteiger partial charge in [-0.25, -0.2) is 0 Å². The number of benzene rings is 1. The van der Waals surface area contributed by atoms with Crippen molar-refractivity contribution in [1.82, 2.24) is 5.32 Å². The minimum absolute atomic E-state index is 0.595. The molecule has 0 aliphatic heterocycles. The summed E-state index contributed by atoms with van der Waals surface area (Å²) in [6, 6.07) is 7.34. The highest BCUT2D eigenvalue weighted by Crippen LogP contribution is 1.97. The van der Waals surface area contributed by atoms with Crippen molar-refractivity contribution in [3.63, 3.8) is 0 Å². The summed E-state index contributed by atoms with van der Waals surface area (Å²) in [5.74, 6) is 0. The van der Waals surface area contributed by atoms with Crippen molar-refractivity contribution in [1.29, 1.82) is 0 Å². The molecule has 3 N–H and O–H groups in total. The third-order valence-electron chi connectivity index (χ3n) is 1.98. The van der Waals surface area contributed by atoms with E-state index in [2.05, 4.69) is 5.32 Å². The van der Waals surface area contributed by atoms with Crippen molar-refractivity contribution in [3.8, 4) is 0 Å². The molecule has 1 aromatic carbocycles. The lowest BCUT2D eigenvalue weighted by Crippen LogP contribution is -2.33. The largest absolute Gasteiger partial charge is 0.488 e. The highest BCUT2D eigenvalue weighted by molar-refractivity contribution is 6.59. The summed E-state index contributed by atoms with van der Waals surface area (Å²) in [6.07, 6.45) is 0.810. The fourth-order valence-corrected chi connectivity index (χ4v) is 1.27. The van der Waals surface area contributed by atoms with E-state index in [-0.39, 0.29) is 0 Å². The van der Waals surface area contributed by atoms with E-state index in [0.717, 1.165) is 18.5 Å². The molecule has 0 aromatic heterocycles. The molecule has 0 saturated heterocycles. The summed E-state index contributed by atoms with van der Waals surface area (Å²) in [6.45, 7) is 0.837. The summed E-state index contributed by atoms with van der Waals surface area (Å²) in [7, 11) is 0.505. The molecule has 1 rings (SSSR count). The first-order valence-corrected chi connectivity index (χ1v) is 4.34. The van der Waals surface area contributed by atoms with Crippen LogP contribution in [0.25, 0.3) is 0 Å². The van der Waals surface area contributed by atoms with E-state index in [1.807, 2.05) is 19.2 Å². The molecule has 0 aliphatic rings. The van der Waals surface area contributed by atoms with E-state index in [0.29, 0.717) is 5.46 Å². The molecule has 70 valence electrons. The van der Waals surface area contributed by atoms with Crippen LogP contribution in [0.15, 0.2) is 24.3 Å². The molecule has 0 amide bonds. The molecule has 0 radical (unpaired) electrons. The molecule has 0 spiro atoms. The normalized spacial score (nSPS) is 10.1. The van der Waals surface area contributed by atoms with Crippen molar-refractivity contribution in [2.24, 2.45) is 0 Å². The number of hydrogen-bond donors (Lipinski definition) is 3. The van der Waals surface area contributed by atoms with Crippen molar-refractivity contribution < 1.29 is 10.0 Å². The third kappa shape index (κ3) is 2.84. The topological polar surface area (TPSA) is 52.5 Å². The Morgan fingerprint density at radius 1 is 1.31 bits per heavy atom. The second kappa shape index (κ2) is 5.02. The second-order valence-electron chi connectivity index (χ2n) is 2.93. The molecule has 0 heterocycles. The summed E-state index contributed by atoms with van der Waals surface area (Å²) in [4.78, 5) is 0. The molecule has 1 aromatic rings. The smallest absolute Gasteiger partial charge is 0.423 e. The third-order valence-corrected chi connectivity index (χ3v) is 1.98. The number of rotatable bonds is 4. The van der Waals surface area contributed by atoms with Crippen LogP contribution in [0.1, 0.15) is 5.56 Å². The van der Waals surface area contributed by atoms with Gasteiger partial charge in [0, 0.05) is 0 Å². The van der Waals surface area contributed by atoms with Gasteiger partial charge >= 0.3 is 7.12 Å². The first-order valence-electron chi connectivity index (χ1n) is 4.34. The fraction of sp³-hybridized carbons (Fsp3) is 0.333. The average molecular weight is 179 g/mol. The van der Waals surface area contributed by atoms with Crippen LogP contribution in [0.3, 0.4) is 0 Å². The van der Waals surface area contributed by atoms with Gasteiger partial charge in [-0.1, -0.05) is 24.3 Å². The van der Waals surface area contributed by atoms with Crippen LogP contribution < -0.4 is 10.8 Å². The summed E-state index contributed by atoms with van der Waals surface area (Å²) in [5, 5.41) is 21.1. The summed E-state index contributed by atoms with van der Waals surface area (Å²) in [5.41, 5.74) is 1.57. The van der Waals surface area contributed by atoms with Gasteiger partial charge in [-0.15, -0.1) is 0 Å². The van der Waals surface area contributed by atoms with E-state index in [1.54, 1.807) is 12.1 Å². The van der Waals surface area contributed by atoms with Gasteiger partial charge in [-0.3, -0.25) is 0 Å². The molecule has 4 heteroatoms. The highest BCUT2D eigenvalue weighted by atomic mass is 16.4. The molecule has 0 unspecified atom stereocenters. The van der Waals surface area contributed by atoms with Gasteiger partial charge < -0.3 is 15.4 Å². The molecule has 0 saturated carbocycles. The van der Waals surface area contributed by atoms with E-state index in [1.165, 1.54) is 0 Å². The van der Waals surface area contributed by atoms with E-state index < -0.39 is 7.12 Å². The number of nitrogens with one attached hydrogen (secondary N) is 1. The molecule has 3 nitrogen and oxygen atoms in total. The molecule has 0 fully saturated rings. The minimum atomic E-state index is -1.37. The highest BCUT2D eigenvalue weighted by Gasteiger charge is 2.14. The number of hydrogen-bond acceptors (Lipinski definition) is 3. The second-order valence-corrected chi connectivity index (χ2v) is 2.93.